The molecule has 1 unspecified atom stereocenters. The van der Waals surface area contributed by atoms with Crippen molar-refractivity contribution >= 4 is 32.9 Å². The molecule has 1 aliphatic heterocycles. The second-order valence-electron chi connectivity index (χ2n) is 8.54. The molecule has 4 rings (SSSR count). The number of aryl methyl sites for hydroxylation is 1. The summed E-state index contributed by atoms with van der Waals surface area (Å²) in [7, 11) is -4.00. The van der Waals surface area contributed by atoms with Gasteiger partial charge >= 0.3 is 0 Å². The molecule has 174 valence electrons. The molecule has 5 N–H and O–H groups in total. The van der Waals surface area contributed by atoms with Crippen LogP contribution in [-0.4, -0.2) is 47.2 Å². The molecular weight excluding hydrogens is 439 g/mol. The van der Waals surface area contributed by atoms with Gasteiger partial charge in [0.1, 0.15) is 17.3 Å². The van der Waals surface area contributed by atoms with E-state index in [0.29, 0.717) is 31.7 Å². The number of halogens is 1. The van der Waals surface area contributed by atoms with Gasteiger partial charge in [-0.1, -0.05) is 6.07 Å². The molecule has 1 fully saturated rings. The lowest BCUT2D eigenvalue weighted by atomic mass is 10.1. The van der Waals surface area contributed by atoms with Gasteiger partial charge < -0.3 is 20.8 Å². The number of nitrogens with zero attached hydrogens (tertiary/aromatic N) is 1. The zero-order valence-corrected chi connectivity index (χ0v) is 18.7. The number of hydrogen-bond acceptors (Lipinski definition) is 7. The lowest BCUT2D eigenvalue weighted by Gasteiger charge is -2.24. The van der Waals surface area contributed by atoms with Crippen LogP contribution in [0.25, 0.3) is 0 Å². The van der Waals surface area contributed by atoms with Crippen molar-refractivity contribution in [2.45, 2.75) is 50.5 Å². The zero-order chi connectivity index (χ0) is 23.3. The molecule has 1 saturated carbocycles. The maximum atomic E-state index is 14.5. The number of anilines is 4. The Morgan fingerprint density at radius 2 is 2.00 bits per heavy atom. The Bertz CT molecular complexity index is 1220. The van der Waals surface area contributed by atoms with Gasteiger partial charge in [-0.25, -0.2) is 12.8 Å². The highest BCUT2D eigenvalue weighted by atomic mass is 32.2. The van der Waals surface area contributed by atoms with Gasteiger partial charge in [-0.3, -0.25) is 14.1 Å². The van der Waals surface area contributed by atoms with Crippen molar-refractivity contribution in [2.75, 3.05) is 28.5 Å². The van der Waals surface area contributed by atoms with Crippen LogP contribution in [-0.2, 0) is 16.6 Å². The second-order valence-corrected chi connectivity index (χ2v) is 10.6. The number of aliphatic hydroxyl groups is 2. The van der Waals surface area contributed by atoms with E-state index < -0.39 is 33.3 Å². The van der Waals surface area contributed by atoms with Crippen LogP contribution in [0.15, 0.2) is 23.0 Å². The van der Waals surface area contributed by atoms with Crippen LogP contribution >= 0.6 is 0 Å². The molecule has 11 heteroatoms. The summed E-state index contributed by atoms with van der Waals surface area (Å²) in [5.41, 5.74) is 1.07. The highest BCUT2D eigenvalue weighted by Crippen LogP contribution is 2.49. The number of hydrogen-bond donors (Lipinski definition) is 5. The first-order valence-corrected chi connectivity index (χ1v) is 11.9. The Balaban J connectivity index is 1.80. The topological polar surface area (TPSA) is 133 Å². The summed E-state index contributed by atoms with van der Waals surface area (Å²) in [6.07, 6.45) is -0.570. The number of aliphatic hydroxyl groups excluding tert-OH is 2. The average molecular weight is 467 g/mol. The van der Waals surface area contributed by atoms with E-state index in [2.05, 4.69) is 15.4 Å². The summed E-state index contributed by atoms with van der Waals surface area (Å²) in [4.78, 5) is 12.9. The number of sulfonamides is 1. The molecule has 0 amide bonds. The highest BCUT2D eigenvalue weighted by Gasteiger charge is 2.55. The van der Waals surface area contributed by atoms with Gasteiger partial charge in [-0.05, 0) is 50.8 Å². The number of aromatic nitrogens is 1. The van der Waals surface area contributed by atoms with Crippen LogP contribution < -0.4 is 20.9 Å². The van der Waals surface area contributed by atoms with E-state index in [1.165, 1.54) is 16.7 Å². The van der Waals surface area contributed by atoms with Gasteiger partial charge in [0.25, 0.3) is 5.56 Å². The van der Waals surface area contributed by atoms with Crippen molar-refractivity contribution < 1.29 is 23.0 Å². The van der Waals surface area contributed by atoms with E-state index in [1.54, 1.807) is 19.9 Å². The molecule has 0 saturated heterocycles. The third kappa shape index (κ3) is 3.84. The quantitative estimate of drug-likeness (QED) is 0.401. The van der Waals surface area contributed by atoms with E-state index in [1.807, 2.05) is 0 Å². The van der Waals surface area contributed by atoms with Crippen LogP contribution in [0.3, 0.4) is 0 Å². The first kappa shape index (κ1) is 22.6. The van der Waals surface area contributed by atoms with Crippen molar-refractivity contribution in [3.8, 4) is 0 Å². The molecule has 9 nitrogen and oxygen atoms in total. The average Bonchev–Trinajstić information content (AvgIpc) is 3.36. The Labute approximate surface area is 185 Å². The second kappa shape index (κ2) is 8.05. The first-order chi connectivity index (χ1) is 15.1. The fourth-order valence-corrected chi connectivity index (χ4v) is 5.84. The number of nitrogens with one attached hydrogen (secondary N) is 3. The van der Waals surface area contributed by atoms with Gasteiger partial charge in [0.05, 0.1) is 28.8 Å². The Hall–Kier alpha value is -2.63. The molecule has 2 aliphatic rings. The monoisotopic (exact) mass is 466 g/mol. The van der Waals surface area contributed by atoms with E-state index >= 15 is 0 Å². The van der Waals surface area contributed by atoms with E-state index in [0.717, 1.165) is 5.56 Å². The van der Waals surface area contributed by atoms with Crippen molar-refractivity contribution in [3.63, 3.8) is 0 Å². The van der Waals surface area contributed by atoms with Crippen LogP contribution in [0.5, 0.6) is 0 Å². The molecule has 1 aliphatic carbocycles. The minimum atomic E-state index is -4.00. The maximum Gasteiger partial charge on any atom is 0.257 e. The lowest BCUT2D eigenvalue weighted by Crippen LogP contribution is -2.35. The molecule has 1 aromatic carbocycles. The van der Waals surface area contributed by atoms with Gasteiger partial charge in [-0.15, -0.1) is 0 Å². The van der Waals surface area contributed by atoms with Gasteiger partial charge in [0, 0.05) is 18.7 Å². The van der Waals surface area contributed by atoms with E-state index in [-0.39, 0.29) is 34.6 Å². The normalized spacial score (nSPS) is 17.4. The lowest BCUT2D eigenvalue weighted by molar-refractivity contribution is 0.0858. The van der Waals surface area contributed by atoms with Gasteiger partial charge in [0.15, 0.2) is 0 Å². The molecular formula is C21H27FN4O5S. The first-order valence-electron chi connectivity index (χ1n) is 10.4. The van der Waals surface area contributed by atoms with Gasteiger partial charge in [0.2, 0.25) is 10.0 Å². The molecule has 0 radical (unpaired) electrons. The molecule has 32 heavy (non-hydrogen) atoms. The van der Waals surface area contributed by atoms with Crippen LogP contribution in [0.1, 0.15) is 30.4 Å². The zero-order valence-electron chi connectivity index (χ0n) is 17.9. The van der Waals surface area contributed by atoms with Crippen LogP contribution in [0.4, 0.5) is 27.3 Å². The summed E-state index contributed by atoms with van der Waals surface area (Å²) in [5.74, 6) is -0.228. The summed E-state index contributed by atoms with van der Waals surface area (Å²) in [5, 5.41) is 25.0. The summed E-state index contributed by atoms with van der Waals surface area (Å²) >= 11 is 0. The van der Waals surface area contributed by atoms with Crippen LogP contribution in [0, 0.1) is 19.7 Å². The third-order valence-corrected chi connectivity index (χ3v) is 8.33. The summed E-state index contributed by atoms with van der Waals surface area (Å²) in [6.45, 7) is 3.59. The van der Waals surface area contributed by atoms with E-state index in [4.69, 9.17) is 0 Å². The standard InChI is InChI=1S/C21H27FN4O5S/c1-12-3-4-16(15(22)9-12)24-17-13(2)20(29)26-8-7-23-19(26)18(17)25-32(30,31)21(5-6-21)10-14(28)11-27/h3-4,9,14,23-25,27-28H,5-8,10-11H2,1-2H3. The molecule has 0 bridgehead atoms. The maximum absolute atomic E-state index is 14.5. The van der Waals surface area contributed by atoms with E-state index in [9.17, 15) is 27.8 Å². The molecule has 1 aromatic heterocycles. The Kier molecular flexibility index (Phi) is 5.68. The van der Waals surface area contributed by atoms with Crippen molar-refractivity contribution in [1.29, 1.82) is 0 Å². The highest BCUT2D eigenvalue weighted by molar-refractivity contribution is 7.94. The summed E-state index contributed by atoms with van der Waals surface area (Å²) in [6, 6.07) is 4.58. The number of benzene rings is 1. The fourth-order valence-electron chi connectivity index (χ4n) is 4.11. The number of rotatable bonds is 8. The Morgan fingerprint density at radius 1 is 1.28 bits per heavy atom. The molecule has 2 heterocycles. The van der Waals surface area contributed by atoms with Crippen molar-refractivity contribution in [3.05, 3.63) is 45.5 Å². The number of fused-ring (bicyclic) bond motifs is 1. The predicted octanol–water partition coefficient (Wildman–Crippen LogP) is 1.79. The Morgan fingerprint density at radius 3 is 2.62 bits per heavy atom. The molecule has 2 aromatic rings. The minimum absolute atomic E-state index is 0.102. The third-order valence-electron chi connectivity index (χ3n) is 6.14. The SMILES string of the molecule is Cc1ccc(Nc2c(NS(=O)(=O)C3(CC(O)CO)CC3)c3n(c(=O)c2C)CCN3)c(F)c1. The van der Waals surface area contributed by atoms with Crippen molar-refractivity contribution in [1.82, 2.24) is 4.57 Å². The smallest absolute Gasteiger partial charge is 0.257 e. The number of pyridine rings is 1. The predicted molar refractivity (Wildman–Crippen MR) is 121 cm³/mol. The minimum Gasteiger partial charge on any atom is -0.394 e. The van der Waals surface area contributed by atoms with Crippen LogP contribution in [0.2, 0.25) is 0 Å². The summed E-state index contributed by atoms with van der Waals surface area (Å²) < 4.78 is 44.1. The van der Waals surface area contributed by atoms with Crippen molar-refractivity contribution in [2.24, 2.45) is 0 Å². The molecule has 0 spiro atoms. The molecule has 1 atom stereocenters. The fraction of sp³-hybridized carbons (Fsp3) is 0.476. The largest absolute Gasteiger partial charge is 0.394 e. The van der Waals surface area contributed by atoms with Gasteiger partial charge in [-0.2, -0.15) is 0 Å².